The summed E-state index contributed by atoms with van der Waals surface area (Å²) >= 11 is 0. The van der Waals surface area contributed by atoms with Crippen LogP contribution in [0, 0.1) is 11.7 Å². The molecule has 2 atom stereocenters. The van der Waals surface area contributed by atoms with E-state index in [-0.39, 0.29) is 42.6 Å². The van der Waals surface area contributed by atoms with Crippen molar-refractivity contribution in [3.8, 4) is 22.6 Å². The molecule has 2 heterocycles. The van der Waals surface area contributed by atoms with Gasteiger partial charge in [0, 0.05) is 23.7 Å². The van der Waals surface area contributed by atoms with Gasteiger partial charge >= 0.3 is 0 Å². The highest BCUT2D eigenvalue weighted by Crippen LogP contribution is 2.29. The fourth-order valence-electron chi connectivity index (χ4n) is 3.83. The number of H-pyrrole nitrogens is 1. The summed E-state index contributed by atoms with van der Waals surface area (Å²) in [5, 5.41) is 2.96. The predicted octanol–water partition coefficient (Wildman–Crippen LogP) is 3.83. The maximum atomic E-state index is 13.8. The topological polar surface area (TPSA) is 96.7 Å². The minimum atomic E-state index is -0.332. The van der Waals surface area contributed by atoms with Crippen molar-refractivity contribution in [2.45, 2.75) is 38.3 Å². The molecule has 6 nitrogen and oxygen atoms in total. The Kier molecular flexibility index (Phi) is 7.18. The number of nitrogens with two attached hydrogens (primary N) is 1. The SMILES string of the molecule is Cl.N[C@H]1CCC[C@@H](C(=O)NCc2nc(-c3cccc(F)c3)c(-c3ccccn3)[nH]2)C1. The highest BCUT2D eigenvalue weighted by molar-refractivity contribution is 5.85. The van der Waals surface area contributed by atoms with Crippen LogP contribution in [0.5, 0.6) is 0 Å². The lowest BCUT2D eigenvalue weighted by Gasteiger charge is -2.25. The predicted molar refractivity (Wildman–Crippen MR) is 116 cm³/mol. The third-order valence-corrected chi connectivity index (χ3v) is 5.29. The molecule has 1 saturated carbocycles. The van der Waals surface area contributed by atoms with Gasteiger partial charge in [0.2, 0.25) is 5.91 Å². The van der Waals surface area contributed by atoms with Crippen LogP contribution in [-0.2, 0) is 11.3 Å². The first kappa shape index (κ1) is 21.9. The number of hydrogen-bond donors (Lipinski definition) is 3. The van der Waals surface area contributed by atoms with Crippen LogP contribution in [0.1, 0.15) is 31.5 Å². The van der Waals surface area contributed by atoms with Crippen molar-refractivity contribution in [1.29, 1.82) is 0 Å². The Morgan fingerprint density at radius 2 is 2.10 bits per heavy atom. The molecule has 3 aromatic rings. The summed E-state index contributed by atoms with van der Waals surface area (Å²) in [5.74, 6) is 0.217. The minimum absolute atomic E-state index is 0. The molecule has 1 fully saturated rings. The van der Waals surface area contributed by atoms with E-state index in [0.717, 1.165) is 25.7 Å². The Bertz CT molecular complexity index is 994. The third kappa shape index (κ3) is 5.04. The maximum Gasteiger partial charge on any atom is 0.223 e. The molecule has 0 unspecified atom stereocenters. The Balaban J connectivity index is 0.00000256. The molecule has 2 aromatic heterocycles. The number of rotatable bonds is 5. The molecule has 1 aromatic carbocycles. The number of amides is 1. The van der Waals surface area contributed by atoms with E-state index in [0.29, 0.717) is 28.5 Å². The quantitative estimate of drug-likeness (QED) is 0.574. The van der Waals surface area contributed by atoms with Crippen LogP contribution in [-0.4, -0.2) is 26.9 Å². The van der Waals surface area contributed by atoms with E-state index >= 15 is 0 Å². The summed E-state index contributed by atoms with van der Waals surface area (Å²) in [6.45, 7) is 0.264. The van der Waals surface area contributed by atoms with Gasteiger partial charge in [0.05, 0.1) is 23.6 Å². The van der Waals surface area contributed by atoms with Crippen molar-refractivity contribution >= 4 is 18.3 Å². The third-order valence-electron chi connectivity index (χ3n) is 5.29. The second kappa shape index (κ2) is 9.82. The van der Waals surface area contributed by atoms with Gasteiger partial charge in [0.1, 0.15) is 11.6 Å². The molecule has 4 N–H and O–H groups in total. The number of aromatic amines is 1. The number of benzene rings is 1. The Hall–Kier alpha value is -2.77. The summed E-state index contributed by atoms with van der Waals surface area (Å²) in [7, 11) is 0. The van der Waals surface area contributed by atoms with Crippen molar-refractivity contribution in [1.82, 2.24) is 20.3 Å². The molecule has 4 rings (SSSR count). The standard InChI is InChI=1S/C22H24FN5O.ClH/c23-16-7-3-5-14(11-16)20-21(18-9-1-2-10-25-18)28-19(27-20)13-26-22(29)15-6-4-8-17(24)12-15;/h1-3,5,7,9-11,15,17H,4,6,8,12-13,24H2,(H,26,29)(H,27,28);1H/t15-,17+;/m1./s1. The molecule has 158 valence electrons. The summed E-state index contributed by atoms with van der Waals surface area (Å²) < 4.78 is 13.8. The Morgan fingerprint density at radius 3 is 2.83 bits per heavy atom. The van der Waals surface area contributed by atoms with Gasteiger partial charge in [-0.2, -0.15) is 0 Å². The molecule has 0 spiro atoms. The average Bonchev–Trinajstić information content (AvgIpc) is 3.17. The summed E-state index contributed by atoms with van der Waals surface area (Å²) in [6, 6.07) is 12.0. The molecule has 1 amide bonds. The summed E-state index contributed by atoms with van der Waals surface area (Å²) in [5.41, 5.74) is 8.65. The molecule has 1 aliphatic rings. The monoisotopic (exact) mass is 429 g/mol. The normalized spacial score (nSPS) is 18.5. The van der Waals surface area contributed by atoms with E-state index in [4.69, 9.17) is 5.73 Å². The lowest BCUT2D eigenvalue weighted by Crippen LogP contribution is -2.37. The van der Waals surface area contributed by atoms with Gasteiger partial charge in [-0.1, -0.05) is 24.6 Å². The first-order chi connectivity index (χ1) is 14.1. The number of hydrogen-bond acceptors (Lipinski definition) is 4. The average molecular weight is 430 g/mol. The van der Waals surface area contributed by atoms with Gasteiger partial charge in [-0.05, 0) is 43.5 Å². The zero-order valence-electron chi connectivity index (χ0n) is 16.5. The lowest BCUT2D eigenvalue weighted by molar-refractivity contribution is -0.126. The number of aromatic nitrogens is 3. The van der Waals surface area contributed by atoms with Crippen LogP contribution >= 0.6 is 12.4 Å². The van der Waals surface area contributed by atoms with Crippen LogP contribution in [0.4, 0.5) is 4.39 Å². The number of nitrogens with one attached hydrogen (secondary N) is 2. The number of nitrogens with zero attached hydrogens (tertiary/aromatic N) is 2. The molecule has 1 aliphatic carbocycles. The largest absolute Gasteiger partial charge is 0.349 e. The summed E-state index contributed by atoms with van der Waals surface area (Å²) in [6.07, 6.45) is 5.24. The van der Waals surface area contributed by atoms with Crippen LogP contribution in [0.2, 0.25) is 0 Å². The van der Waals surface area contributed by atoms with Crippen molar-refractivity contribution in [2.75, 3.05) is 0 Å². The van der Waals surface area contributed by atoms with Crippen LogP contribution in [0.15, 0.2) is 48.7 Å². The number of carbonyl (C=O) groups excluding carboxylic acids is 1. The lowest BCUT2D eigenvalue weighted by atomic mass is 9.85. The summed E-state index contributed by atoms with van der Waals surface area (Å²) in [4.78, 5) is 24.8. The van der Waals surface area contributed by atoms with Crippen LogP contribution < -0.4 is 11.1 Å². The van der Waals surface area contributed by atoms with E-state index in [9.17, 15) is 9.18 Å². The van der Waals surface area contributed by atoms with Crippen LogP contribution in [0.3, 0.4) is 0 Å². The van der Waals surface area contributed by atoms with E-state index in [1.165, 1.54) is 12.1 Å². The molecular weight excluding hydrogens is 405 g/mol. The highest BCUT2D eigenvalue weighted by Gasteiger charge is 2.25. The van der Waals surface area contributed by atoms with E-state index in [2.05, 4.69) is 20.3 Å². The smallest absolute Gasteiger partial charge is 0.223 e. The number of carbonyl (C=O) groups is 1. The van der Waals surface area contributed by atoms with Gasteiger partial charge in [-0.15, -0.1) is 12.4 Å². The highest BCUT2D eigenvalue weighted by atomic mass is 35.5. The Morgan fingerprint density at radius 1 is 1.23 bits per heavy atom. The molecule has 0 saturated heterocycles. The molecule has 0 radical (unpaired) electrons. The van der Waals surface area contributed by atoms with Crippen molar-refractivity contribution in [3.63, 3.8) is 0 Å². The molecule has 8 heteroatoms. The van der Waals surface area contributed by atoms with E-state index < -0.39 is 0 Å². The van der Waals surface area contributed by atoms with Gasteiger partial charge < -0.3 is 16.0 Å². The second-order valence-corrected chi connectivity index (χ2v) is 7.47. The molecule has 0 aliphatic heterocycles. The fraction of sp³-hybridized carbons (Fsp3) is 0.318. The van der Waals surface area contributed by atoms with E-state index in [1.807, 2.05) is 18.2 Å². The van der Waals surface area contributed by atoms with Crippen LogP contribution in [0.25, 0.3) is 22.6 Å². The number of imidazole rings is 1. The molecule has 30 heavy (non-hydrogen) atoms. The van der Waals surface area contributed by atoms with Gasteiger partial charge in [-0.25, -0.2) is 9.37 Å². The van der Waals surface area contributed by atoms with E-state index in [1.54, 1.807) is 18.3 Å². The fourth-order valence-corrected chi connectivity index (χ4v) is 3.83. The minimum Gasteiger partial charge on any atom is -0.349 e. The van der Waals surface area contributed by atoms with Crippen molar-refractivity contribution in [3.05, 3.63) is 60.3 Å². The van der Waals surface area contributed by atoms with Crippen molar-refractivity contribution in [2.24, 2.45) is 11.7 Å². The zero-order valence-corrected chi connectivity index (χ0v) is 17.3. The first-order valence-electron chi connectivity index (χ1n) is 9.89. The van der Waals surface area contributed by atoms with Gasteiger partial charge in [0.25, 0.3) is 0 Å². The Labute approximate surface area is 180 Å². The van der Waals surface area contributed by atoms with Crippen molar-refractivity contribution < 1.29 is 9.18 Å². The zero-order chi connectivity index (χ0) is 20.2. The number of pyridine rings is 1. The number of halogens is 2. The van der Waals surface area contributed by atoms with Gasteiger partial charge in [-0.3, -0.25) is 9.78 Å². The molecular formula is C22H25ClFN5O. The first-order valence-corrected chi connectivity index (χ1v) is 9.89. The second-order valence-electron chi connectivity index (χ2n) is 7.47. The van der Waals surface area contributed by atoms with Gasteiger partial charge in [0.15, 0.2) is 0 Å². The maximum absolute atomic E-state index is 13.8. The molecule has 0 bridgehead atoms.